The van der Waals surface area contributed by atoms with Gasteiger partial charge in [-0.3, -0.25) is 4.79 Å². The number of ketones is 1. The van der Waals surface area contributed by atoms with Gasteiger partial charge in [0.2, 0.25) is 0 Å². The smallest absolute Gasteiger partial charge is 0.132 e. The number of carbonyl (C=O) groups excluding carboxylic acids is 1. The predicted octanol–water partition coefficient (Wildman–Crippen LogP) is 4.92. The first-order valence-electron chi connectivity index (χ1n) is 8.55. The van der Waals surface area contributed by atoms with Gasteiger partial charge in [-0.15, -0.1) is 0 Å². The average molecular weight is 315 g/mol. The number of nitrogens with zero attached hydrogens (tertiary/aromatic N) is 1. The molecule has 2 nitrogen and oxygen atoms in total. The molecule has 0 amide bonds. The van der Waals surface area contributed by atoms with Crippen molar-refractivity contribution in [2.75, 3.05) is 11.4 Å². The second-order valence-electron chi connectivity index (χ2n) is 6.60. The lowest BCUT2D eigenvalue weighted by Gasteiger charge is -2.39. The van der Waals surface area contributed by atoms with Gasteiger partial charge in [0.25, 0.3) is 0 Å². The second-order valence-corrected chi connectivity index (χ2v) is 6.60. The van der Waals surface area contributed by atoms with Crippen LogP contribution in [0, 0.1) is 0 Å². The number of benzene rings is 3. The molecule has 0 spiro atoms. The number of hydrogen-bond acceptors (Lipinski definition) is 2. The second kappa shape index (κ2) is 6.12. The van der Waals surface area contributed by atoms with Crippen LogP contribution in [0.3, 0.4) is 0 Å². The number of rotatable bonds is 3. The molecule has 3 aromatic carbocycles. The van der Waals surface area contributed by atoms with Crippen molar-refractivity contribution in [1.82, 2.24) is 0 Å². The van der Waals surface area contributed by atoms with Crippen molar-refractivity contribution in [3.8, 4) is 0 Å². The van der Waals surface area contributed by atoms with Crippen LogP contribution in [-0.2, 0) is 11.2 Å². The van der Waals surface area contributed by atoms with E-state index in [0.29, 0.717) is 6.42 Å². The summed E-state index contributed by atoms with van der Waals surface area (Å²) in [7, 11) is 0. The van der Waals surface area contributed by atoms with Crippen LogP contribution in [0.5, 0.6) is 0 Å². The summed E-state index contributed by atoms with van der Waals surface area (Å²) in [5, 5.41) is 2.50. The van der Waals surface area contributed by atoms with Crippen molar-refractivity contribution in [2.45, 2.75) is 25.8 Å². The molecule has 0 saturated carbocycles. The van der Waals surface area contributed by atoms with Gasteiger partial charge in [0.05, 0.1) is 6.04 Å². The summed E-state index contributed by atoms with van der Waals surface area (Å²) in [4.78, 5) is 14.3. The SMILES string of the molecule is CC(=O)CC1c2ccccc2CCN1c1ccc2ccccc2c1. The zero-order valence-corrected chi connectivity index (χ0v) is 13.9. The number of fused-ring (bicyclic) bond motifs is 2. The quantitative estimate of drug-likeness (QED) is 0.683. The highest BCUT2D eigenvalue weighted by molar-refractivity contribution is 5.86. The minimum atomic E-state index is 0.133. The van der Waals surface area contributed by atoms with Crippen LogP contribution in [0.25, 0.3) is 10.8 Å². The highest BCUT2D eigenvalue weighted by atomic mass is 16.1. The molecule has 0 saturated heterocycles. The van der Waals surface area contributed by atoms with Crippen molar-refractivity contribution in [3.63, 3.8) is 0 Å². The minimum Gasteiger partial charge on any atom is -0.364 e. The average Bonchev–Trinajstić information content (AvgIpc) is 2.61. The maximum Gasteiger partial charge on any atom is 0.132 e. The van der Waals surface area contributed by atoms with E-state index in [1.807, 2.05) is 0 Å². The summed E-state index contributed by atoms with van der Waals surface area (Å²) >= 11 is 0. The Bertz CT molecular complexity index is 899. The Morgan fingerprint density at radius 3 is 2.58 bits per heavy atom. The molecule has 0 N–H and O–H groups in total. The van der Waals surface area contributed by atoms with Gasteiger partial charge in [0.1, 0.15) is 5.78 Å². The predicted molar refractivity (Wildman–Crippen MR) is 99.5 cm³/mol. The number of Topliss-reactive ketones (excluding diaryl/α,β-unsaturated/α-hetero) is 1. The fourth-order valence-electron chi connectivity index (χ4n) is 3.81. The van der Waals surface area contributed by atoms with Crippen LogP contribution in [0.4, 0.5) is 5.69 Å². The molecule has 120 valence electrons. The maximum atomic E-state index is 11.9. The van der Waals surface area contributed by atoms with Gasteiger partial charge in [-0.05, 0) is 47.4 Å². The van der Waals surface area contributed by atoms with Crippen molar-refractivity contribution < 1.29 is 4.79 Å². The summed E-state index contributed by atoms with van der Waals surface area (Å²) in [6, 6.07) is 23.7. The van der Waals surface area contributed by atoms with Crippen molar-refractivity contribution >= 4 is 22.2 Å². The normalized spacial score (nSPS) is 16.9. The lowest BCUT2D eigenvalue weighted by atomic mass is 9.89. The molecule has 0 radical (unpaired) electrons. The molecular weight excluding hydrogens is 294 g/mol. The Labute approximate surface area is 142 Å². The van der Waals surface area contributed by atoms with E-state index < -0.39 is 0 Å². The fourth-order valence-corrected chi connectivity index (χ4v) is 3.81. The molecular formula is C22H21NO. The van der Waals surface area contributed by atoms with Crippen LogP contribution in [-0.4, -0.2) is 12.3 Å². The molecule has 0 fully saturated rings. The summed E-state index contributed by atoms with van der Waals surface area (Å²) in [5.74, 6) is 0.238. The summed E-state index contributed by atoms with van der Waals surface area (Å²) in [6.45, 7) is 2.64. The molecule has 1 aliphatic rings. The molecule has 0 aliphatic carbocycles. The zero-order valence-electron chi connectivity index (χ0n) is 13.9. The van der Waals surface area contributed by atoms with E-state index in [2.05, 4.69) is 71.6 Å². The third-order valence-corrected chi connectivity index (χ3v) is 4.96. The minimum absolute atomic E-state index is 0.133. The molecule has 0 aromatic heterocycles. The molecule has 24 heavy (non-hydrogen) atoms. The van der Waals surface area contributed by atoms with E-state index in [1.54, 1.807) is 6.92 Å². The summed E-state index contributed by atoms with van der Waals surface area (Å²) in [5.41, 5.74) is 3.88. The molecule has 0 bridgehead atoms. The Hall–Kier alpha value is -2.61. The monoisotopic (exact) mass is 315 g/mol. The molecule has 2 heteroatoms. The van der Waals surface area contributed by atoms with Crippen LogP contribution < -0.4 is 4.90 Å². The van der Waals surface area contributed by atoms with Crippen molar-refractivity contribution in [1.29, 1.82) is 0 Å². The van der Waals surface area contributed by atoms with Crippen molar-refractivity contribution in [2.24, 2.45) is 0 Å². The topological polar surface area (TPSA) is 20.3 Å². The standard InChI is InChI=1S/C22H21NO/c1-16(24)14-22-21-9-5-4-7-18(21)12-13-23(22)20-11-10-17-6-2-3-8-19(17)15-20/h2-11,15,22H,12-14H2,1H3. The lowest BCUT2D eigenvalue weighted by molar-refractivity contribution is -0.117. The van der Waals surface area contributed by atoms with E-state index in [0.717, 1.165) is 13.0 Å². The molecule has 1 atom stereocenters. The van der Waals surface area contributed by atoms with Gasteiger partial charge in [-0.2, -0.15) is 0 Å². The number of anilines is 1. The Balaban J connectivity index is 1.78. The van der Waals surface area contributed by atoms with E-state index >= 15 is 0 Å². The first kappa shape index (κ1) is 14.9. The highest BCUT2D eigenvalue weighted by Gasteiger charge is 2.28. The zero-order chi connectivity index (χ0) is 16.5. The first-order valence-corrected chi connectivity index (χ1v) is 8.55. The van der Waals surface area contributed by atoms with E-state index in [-0.39, 0.29) is 11.8 Å². The van der Waals surface area contributed by atoms with E-state index in [1.165, 1.54) is 27.6 Å². The van der Waals surface area contributed by atoms with Gasteiger partial charge in [-0.25, -0.2) is 0 Å². The first-order chi connectivity index (χ1) is 11.7. The van der Waals surface area contributed by atoms with E-state index in [9.17, 15) is 4.79 Å². The molecule has 3 aromatic rings. The van der Waals surface area contributed by atoms with Crippen LogP contribution in [0.15, 0.2) is 66.7 Å². The Kier molecular flexibility index (Phi) is 3.81. The summed E-state index contributed by atoms with van der Waals surface area (Å²) in [6.07, 6.45) is 1.58. The number of carbonyl (C=O) groups is 1. The largest absolute Gasteiger partial charge is 0.364 e. The van der Waals surface area contributed by atoms with Gasteiger partial charge >= 0.3 is 0 Å². The lowest BCUT2D eigenvalue weighted by Crippen LogP contribution is -2.36. The van der Waals surface area contributed by atoms with Gasteiger partial charge in [-0.1, -0.05) is 54.6 Å². The highest BCUT2D eigenvalue weighted by Crippen LogP contribution is 2.37. The van der Waals surface area contributed by atoms with Crippen LogP contribution in [0.2, 0.25) is 0 Å². The summed E-state index contributed by atoms with van der Waals surface area (Å²) < 4.78 is 0. The molecule has 1 unspecified atom stereocenters. The fraction of sp³-hybridized carbons (Fsp3) is 0.227. The third kappa shape index (κ3) is 2.69. The van der Waals surface area contributed by atoms with E-state index in [4.69, 9.17) is 0 Å². The van der Waals surface area contributed by atoms with Crippen LogP contribution >= 0.6 is 0 Å². The molecule has 4 rings (SSSR count). The Morgan fingerprint density at radius 1 is 1.00 bits per heavy atom. The molecule has 1 heterocycles. The van der Waals surface area contributed by atoms with Gasteiger partial charge in [0.15, 0.2) is 0 Å². The maximum absolute atomic E-state index is 11.9. The molecule has 1 aliphatic heterocycles. The van der Waals surface area contributed by atoms with Crippen molar-refractivity contribution in [3.05, 3.63) is 77.9 Å². The number of hydrogen-bond donors (Lipinski definition) is 0. The van der Waals surface area contributed by atoms with Gasteiger partial charge < -0.3 is 4.90 Å². The Morgan fingerprint density at radius 2 is 1.75 bits per heavy atom. The van der Waals surface area contributed by atoms with Gasteiger partial charge in [0, 0.05) is 18.7 Å². The third-order valence-electron chi connectivity index (χ3n) is 4.96. The van der Waals surface area contributed by atoms with Crippen LogP contribution in [0.1, 0.15) is 30.5 Å².